The van der Waals surface area contributed by atoms with Crippen molar-refractivity contribution in [2.24, 2.45) is 11.7 Å². The van der Waals surface area contributed by atoms with Gasteiger partial charge in [0.05, 0.1) is 5.92 Å². The highest BCUT2D eigenvalue weighted by molar-refractivity contribution is 5.94. The normalized spacial score (nSPS) is 17.7. The highest BCUT2D eigenvalue weighted by Crippen LogP contribution is 2.20. The summed E-state index contributed by atoms with van der Waals surface area (Å²) in [6.07, 6.45) is 1.48. The van der Waals surface area contributed by atoms with E-state index in [2.05, 4.69) is 10.6 Å². The number of carbonyl (C=O) groups is 3. The van der Waals surface area contributed by atoms with Crippen LogP contribution in [0.3, 0.4) is 0 Å². The molecule has 1 heterocycles. The zero-order chi connectivity index (χ0) is 16.1. The first-order chi connectivity index (χ1) is 10.5. The quantitative estimate of drug-likeness (QED) is 0.785. The number of piperidine rings is 1. The summed E-state index contributed by atoms with van der Waals surface area (Å²) < 4.78 is 0. The number of likely N-dealkylation sites (tertiary alicyclic amines) is 1. The molecule has 0 aromatic heterocycles. The Morgan fingerprint density at radius 3 is 2.55 bits per heavy atom. The Hall–Kier alpha value is -2.57. The lowest BCUT2D eigenvalue weighted by molar-refractivity contribution is -0.121. The van der Waals surface area contributed by atoms with Crippen molar-refractivity contribution in [2.75, 3.05) is 23.7 Å². The lowest BCUT2D eigenvalue weighted by atomic mass is 9.97. The number of nitrogens with zero attached hydrogens (tertiary/aromatic N) is 1. The van der Waals surface area contributed by atoms with E-state index in [4.69, 9.17) is 5.73 Å². The van der Waals surface area contributed by atoms with Crippen LogP contribution in [-0.2, 0) is 9.59 Å². The number of anilines is 2. The zero-order valence-corrected chi connectivity index (χ0v) is 12.5. The van der Waals surface area contributed by atoms with Crippen molar-refractivity contribution >= 4 is 29.2 Å². The van der Waals surface area contributed by atoms with Crippen LogP contribution in [0.1, 0.15) is 19.8 Å². The van der Waals surface area contributed by atoms with E-state index >= 15 is 0 Å². The molecule has 4 amide bonds. The van der Waals surface area contributed by atoms with Gasteiger partial charge in [-0.1, -0.05) is 6.07 Å². The van der Waals surface area contributed by atoms with Crippen LogP contribution in [0.5, 0.6) is 0 Å². The Morgan fingerprint density at radius 1 is 1.23 bits per heavy atom. The molecule has 22 heavy (non-hydrogen) atoms. The molecule has 0 radical (unpaired) electrons. The van der Waals surface area contributed by atoms with E-state index in [0.29, 0.717) is 24.5 Å². The molecule has 7 nitrogen and oxygen atoms in total. The molecule has 7 heteroatoms. The van der Waals surface area contributed by atoms with Crippen LogP contribution >= 0.6 is 0 Å². The molecular weight excluding hydrogens is 284 g/mol. The van der Waals surface area contributed by atoms with Crippen molar-refractivity contribution in [2.45, 2.75) is 19.8 Å². The van der Waals surface area contributed by atoms with Crippen LogP contribution in [0.25, 0.3) is 0 Å². The van der Waals surface area contributed by atoms with E-state index in [1.165, 1.54) is 11.8 Å². The summed E-state index contributed by atoms with van der Waals surface area (Å²) in [6.45, 7) is 2.36. The van der Waals surface area contributed by atoms with Crippen molar-refractivity contribution in [1.82, 2.24) is 4.90 Å². The fourth-order valence-corrected chi connectivity index (χ4v) is 2.51. The number of primary amides is 1. The van der Waals surface area contributed by atoms with Gasteiger partial charge in [-0.25, -0.2) is 4.79 Å². The third-order valence-electron chi connectivity index (χ3n) is 3.55. The van der Waals surface area contributed by atoms with Gasteiger partial charge in [-0.05, 0) is 31.0 Å². The number of hydrogen-bond donors (Lipinski definition) is 3. The molecule has 4 N–H and O–H groups in total. The summed E-state index contributed by atoms with van der Waals surface area (Å²) in [5, 5.41) is 5.48. The van der Waals surface area contributed by atoms with Gasteiger partial charge in [-0.15, -0.1) is 0 Å². The molecule has 0 bridgehead atoms. The predicted octanol–water partition coefficient (Wildman–Crippen LogP) is 1.37. The standard InChI is InChI=1S/C15H20N4O3/c1-10(20)17-12-5-2-6-13(8-12)18-14(21)11-4-3-7-19(9-11)15(16)22/h2,5-6,8,11H,3-4,7,9H2,1H3,(H2,16,22)(H,17,20)(H,18,21)/t11-/m0/s1. The summed E-state index contributed by atoms with van der Waals surface area (Å²) in [5.41, 5.74) is 6.49. The van der Waals surface area contributed by atoms with Gasteiger partial charge >= 0.3 is 6.03 Å². The second kappa shape index (κ2) is 6.93. The van der Waals surface area contributed by atoms with Gasteiger partial charge in [0.1, 0.15) is 0 Å². The molecule has 1 aliphatic rings. The summed E-state index contributed by atoms with van der Waals surface area (Å²) in [7, 11) is 0. The van der Waals surface area contributed by atoms with Crippen molar-refractivity contribution < 1.29 is 14.4 Å². The third-order valence-corrected chi connectivity index (χ3v) is 3.55. The average Bonchev–Trinajstić information content (AvgIpc) is 2.47. The number of nitrogens with two attached hydrogens (primary N) is 1. The van der Waals surface area contributed by atoms with Crippen LogP contribution in [0.15, 0.2) is 24.3 Å². The van der Waals surface area contributed by atoms with Crippen molar-refractivity contribution in [3.63, 3.8) is 0 Å². The lowest BCUT2D eigenvalue weighted by Gasteiger charge is -2.30. The Labute approximate surface area is 128 Å². The van der Waals surface area contributed by atoms with Gasteiger partial charge < -0.3 is 21.3 Å². The molecule has 1 saturated heterocycles. The van der Waals surface area contributed by atoms with Crippen LogP contribution in [0.4, 0.5) is 16.2 Å². The first kappa shape index (κ1) is 15.8. The van der Waals surface area contributed by atoms with E-state index in [1.54, 1.807) is 24.3 Å². The molecule has 2 rings (SSSR count). The van der Waals surface area contributed by atoms with Crippen LogP contribution in [-0.4, -0.2) is 35.8 Å². The number of amides is 4. The first-order valence-electron chi connectivity index (χ1n) is 7.18. The SMILES string of the molecule is CC(=O)Nc1cccc(NC(=O)[C@H]2CCCN(C(N)=O)C2)c1. The fraction of sp³-hybridized carbons (Fsp3) is 0.400. The number of rotatable bonds is 3. The van der Waals surface area contributed by atoms with E-state index in [0.717, 1.165) is 12.8 Å². The maximum absolute atomic E-state index is 12.3. The Bertz CT molecular complexity index is 588. The van der Waals surface area contributed by atoms with Gasteiger partial charge in [0.25, 0.3) is 0 Å². The maximum Gasteiger partial charge on any atom is 0.314 e. The number of nitrogens with one attached hydrogen (secondary N) is 2. The highest BCUT2D eigenvalue weighted by Gasteiger charge is 2.27. The molecule has 0 saturated carbocycles. The minimum Gasteiger partial charge on any atom is -0.351 e. The van der Waals surface area contributed by atoms with E-state index in [1.807, 2.05) is 0 Å². The second-order valence-corrected chi connectivity index (χ2v) is 5.37. The fourth-order valence-electron chi connectivity index (χ4n) is 2.51. The molecule has 1 aromatic carbocycles. The van der Waals surface area contributed by atoms with Gasteiger partial charge in [0.2, 0.25) is 11.8 Å². The van der Waals surface area contributed by atoms with Crippen LogP contribution < -0.4 is 16.4 Å². The molecule has 118 valence electrons. The summed E-state index contributed by atoms with van der Waals surface area (Å²) in [6, 6.07) is 6.43. The number of urea groups is 1. The minimum atomic E-state index is -0.495. The lowest BCUT2D eigenvalue weighted by Crippen LogP contribution is -2.46. The van der Waals surface area contributed by atoms with Gasteiger partial charge in [0, 0.05) is 31.4 Å². The molecule has 0 spiro atoms. The van der Waals surface area contributed by atoms with Crippen LogP contribution in [0, 0.1) is 5.92 Å². The molecule has 1 atom stereocenters. The largest absolute Gasteiger partial charge is 0.351 e. The van der Waals surface area contributed by atoms with Crippen molar-refractivity contribution in [3.05, 3.63) is 24.3 Å². The number of hydrogen-bond acceptors (Lipinski definition) is 3. The molecule has 0 aliphatic carbocycles. The smallest absolute Gasteiger partial charge is 0.314 e. The number of benzene rings is 1. The average molecular weight is 304 g/mol. The first-order valence-corrected chi connectivity index (χ1v) is 7.18. The summed E-state index contributed by atoms with van der Waals surface area (Å²) in [4.78, 5) is 36.0. The molecule has 0 unspecified atom stereocenters. The maximum atomic E-state index is 12.3. The third kappa shape index (κ3) is 4.21. The zero-order valence-electron chi connectivity index (χ0n) is 12.5. The monoisotopic (exact) mass is 304 g/mol. The number of carbonyl (C=O) groups excluding carboxylic acids is 3. The van der Waals surface area contributed by atoms with Gasteiger partial charge in [-0.3, -0.25) is 9.59 Å². The van der Waals surface area contributed by atoms with Gasteiger partial charge in [-0.2, -0.15) is 0 Å². The van der Waals surface area contributed by atoms with E-state index in [9.17, 15) is 14.4 Å². The van der Waals surface area contributed by atoms with Crippen molar-refractivity contribution in [3.8, 4) is 0 Å². The highest BCUT2D eigenvalue weighted by atomic mass is 16.2. The van der Waals surface area contributed by atoms with E-state index < -0.39 is 6.03 Å². The molecule has 1 fully saturated rings. The minimum absolute atomic E-state index is 0.147. The van der Waals surface area contributed by atoms with Crippen molar-refractivity contribution in [1.29, 1.82) is 0 Å². The van der Waals surface area contributed by atoms with Gasteiger partial charge in [0.15, 0.2) is 0 Å². The Balaban J connectivity index is 1.99. The van der Waals surface area contributed by atoms with E-state index in [-0.39, 0.29) is 17.7 Å². The summed E-state index contributed by atoms with van der Waals surface area (Å²) >= 11 is 0. The predicted molar refractivity (Wildman–Crippen MR) is 83.3 cm³/mol. The Morgan fingerprint density at radius 2 is 1.91 bits per heavy atom. The Kier molecular flexibility index (Phi) is 4.98. The molecule has 1 aromatic rings. The summed E-state index contributed by atoms with van der Waals surface area (Å²) in [5.74, 6) is -0.593. The topological polar surface area (TPSA) is 105 Å². The molecular formula is C15H20N4O3. The van der Waals surface area contributed by atoms with Crippen LogP contribution in [0.2, 0.25) is 0 Å². The second-order valence-electron chi connectivity index (χ2n) is 5.37. The molecule has 1 aliphatic heterocycles.